The van der Waals surface area contributed by atoms with Crippen LogP contribution in [0.1, 0.15) is 17.6 Å². The van der Waals surface area contributed by atoms with Gasteiger partial charge >= 0.3 is 0 Å². The van der Waals surface area contributed by atoms with E-state index in [0.717, 1.165) is 17.6 Å². The van der Waals surface area contributed by atoms with E-state index < -0.39 is 9.84 Å². The zero-order chi connectivity index (χ0) is 13.3. The molecule has 8 heteroatoms. The first kappa shape index (κ1) is 13.0. The van der Waals surface area contributed by atoms with Gasteiger partial charge in [-0.25, -0.2) is 8.42 Å². The Morgan fingerprint density at radius 1 is 1.50 bits per heavy atom. The summed E-state index contributed by atoms with van der Waals surface area (Å²) in [7, 11) is -3.17. The first-order valence-electron chi connectivity index (χ1n) is 5.28. The van der Waals surface area contributed by atoms with Gasteiger partial charge in [-0.1, -0.05) is 12.1 Å². The fourth-order valence-electron chi connectivity index (χ4n) is 1.46. The molecule has 6 nitrogen and oxygen atoms in total. The molecular formula is C10H13N3O3S2. The van der Waals surface area contributed by atoms with E-state index in [0.29, 0.717) is 10.6 Å². The van der Waals surface area contributed by atoms with Crippen molar-refractivity contribution in [3.05, 3.63) is 16.8 Å². The molecule has 2 aromatic rings. The minimum atomic E-state index is -3.17. The standard InChI is InChI=1S/C10H13N3O3S2/c1-3-6-4-7(9(11)17-6)10-12-8(13-16-10)5-18(2,14)15/h4H,3,5,11H2,1-2H3. The van der Waals surface area contributed by atoms with Crippen molar-refractivity contribution in [3.63, 3.8) is 0 Å². The topological polar surface area (TPSA) is 99.1 Å². The van der Waals surface area contributed by atoms with Gasteiger partial charge in [0, 0.05) is 11.1 Å². The second kappa shape index (κ2) is 4.69. The largest absolute Gasteiger partial charge is 0.390 e. The maximum atomic E-state index is 11.1. The summed E-state index contributed by atoms with van der Waals surface area (Å²) in [5.41, 5.74) is 6.53. The van der Waals surface area contributed by atoms with Crippen LogP contribution in [0, 0.1) is 0 Å². The lowest BCUT2D eigenvalue weighted by atomic mass is 10.2. The molecule has 0 atom stereocenters. The van der Waals surface area contributed by atoms with E-state index in [1.54, 1.807) is 0 Å². The van der Waals surface area contributed by atoms with Gasteiger partial charge in [-0.05, 0) is 12.5 Å². The van der Waals surface area contributed by atoms with Crippen LogP contribution in [0.2, 0.25) is 0 Å². The Morgan fingerprint density at radius 3 is 2.78 bits per heavy atom. The average Bonchev–Trinajstić information content (AvgIpc) is 2.82. The van der Waals surface area contributed by atoms with E-state index in [2.05, 4.69) is 10.1 Å². The predicted octanol–water partition coefficient (Wildman–Crippen LogP) is 1.49. The summed E-state index contributed by atoms with van der Waals surface area (Å²) in [6, 6.07) is 1.89. The number of nitrogens with zero attached hydrogens (tertiary/aromatic N) is 2. The maximum absolute atomic E-state index is 11.1. The fourth-order valence-corrected chi connectivity index (χ4v) is 2.90. The Labute approximate surface area is 109 Å². The summed E-state index contributed by atoms with van der Waals surface area (Å²) in [6.45, 7) is 2.03. The molecule has 2 heterocycles. The van der Waals surface area contributed by atoms with E-state index in [1.165, 1.54) is 11.3 Å². The van der Waals surface area contributed by atoms with Crippen LogP contribution in [0.3, 0.4) is 0 Å². The minimum Gasteiger partial charge on any atom is -0.390 e. The van der Waals surface area contributed by atoms with Gasteiger partial charge in [-0.2, -0.15) is 4.98 Å². The van der Waals surface area contributed by atoms with E-state index >= 15 is 0 Å². The number of anilines is 1. The Balaban J connectivity index is 2.32. The second-order valence-electron chi connectivity index (χ2n) is 3.93. The second-order valence-corrected chi connectivity index (χ2v) is 7.24. The van der Waals surface area contributed by atoms with E-state index in [9.17, 15) is 8.42 Å². The molecule has 0 saturated heterocycles. The molecule has 0 aliphatic carbocycles. The van der Waals surface area contributed by atoms with Crippen molar-refractivity contribution in [1.29, 1.82) is 0 Å². The highest BCUT2D eigenvalue weighted by molar-refractivity contribution is 7.89. The first-order chi connectivity index (χ1) is 8.39. The van der Waals surface area contributed by atoms with Crippen molar-refractivity contribution in [3.8, 4) is 11.5 Å². The molecule has 0 aromatic carbocycles. The van der Waals surface area contributed by atoms with Crippen molar-refractivity contribution in [2.45, 2.75) is 19.1 Å². The third-order valence-electron chi connectivity index (χ3n) is 2.25. The molecule has 2 aromatic heterocycles. The molecule has 0 spiro atoms. The number of rotatable bonds is 4. The van der Waals surface area contributed by atoms with Gasteiger partial charge in [0.2, 0.25) is 0 Å². The van der Waals surface area contributed by atoms with Crippen molar-refractivity contribution in [1.82, 2.24) is 10.1 Å². The first-order valence-corrected chi connectivity index (χ1v) is 8.15. The molecule has 18 heavy (non-hydrogen) atoms. The third-order valence-corrected chi connectivity index (χ3v) is 4.14. The van der Waals surface area contributed by atoms with Crippen molar-refractivity contribution in [2.75, 3.05) is 12.0 Å². The number of hydrogen-bond donors (Lipinski definition) is 1. The molecule has 0 aliphatic heterocycles. The van der Waals surface area contributed by atoms with Crippen molar-refractivity contribution < 1.29 is 12.9 Å². The van der Waals surface area contributed by atoms with Gasteiger partial charge in [0.05, 0.1) is 10.6 Å². The summed E-state index contributed by atoms with van der Waals surface area (Å²) in [6.07, 6.45) is 2.00. The summed E-state index contributed by atoms with van der Waals surface area (Å²) in [5.74, 6) is 0.180. The Bertz CT molecular complexity index is 658. The number of aryl methyl sites for hydroxylation is 1. The number of sulfone groups is 1. The Kier molecular flexibility index (Phi) is 3.40. The van der Waals surface area contributed by atoms with Crippen LogP contribution in [0.5, 0.6) is 0 Å². The third kappa shape index (κ3) is 2.88. The van der Waals surface area contributed by atoms with Crippen LogP contribution in [-0.2, 0) is 22.0 Å². The number of aromatic nitrogens is 2. The fraction of sp³-hybridized carbons (Fsp3) is 0.400. The van der Waals surface area contributed by atoms with Gasteiger partial charge in [0.1, 0.15) is 5.75 Å². The summed E-state index contributed by atoms with van der Waals surface area (Å²) in [5, 5.41) is 4.24. The molecule has 2 N–H and O–H groups in total. The molecule has 98 valence electrons. The molecule has 0 fully saturated rings. The molecule has 0 unspecified atom stereocenters. The lowest BCUT2D eigenvalue weighted by molar-refractivity contribution is 0.425. The van der Waals surface area contributed by atoms with Gasteiger partial charge < -0.3 is 10.3 Å². The number of hydrogen-bond acceptors (Lipinski definition) is 7. The van der Waals surface area contributed by atoms with Crippen LogP contribution >= 0.6 is 11.3 Å². The van der Waals surface area contributed by atoms with Crippen LogP contribution in [0.25, 0.3) is 11.5 Å². The highest BCUT2D eigenvalue weighted by atomic mass is 32.2. The van der Waals surface area contributed by atoms with Crippen LogP contribution < -0.4 is 5.73 Å². The zero-order valence-electron chi connectivity index (χ0n) is 10.0. The highest BCUT2D eigenvalue weighted by Crippen LogP contribution is 2.33. The number of nitrogen functional groups attached to an aromatic ring is 1. The quantitative estimate of drug-likeness (QED) is 0.914. The number of nitrogens with two attached hydrogens (primary N) is 1. The summed E-state index contributed by atoms with van der Waals surface area (Å²) < 4.78 is 27.3. The molecule has 0 amide bonds. The lowest BCUT2D eigenvalue weighted by Gasteiger charge is -1.90. The van der Waals surface area contributed by atoms with Gasteiger partial charge in [-0.3, -0.25) is 0 Å². The maximum Gasteiger partial charge on any atom is 0.260 e. The lowest BCUT2D eigenvalue weighted by Crippen LogP contribution is -2.02. The van der Waals surface area contributed by atoms with E-state index in [1.807, 2.05) is 13.0 Å². The smallest absolute Gasteiger partial charge is 0.260 e. The molecule has 0 saturated carbocycles. The van der Waals surface area contributed by atoms with Crippen LogP contribution in [0.15, 0.2) is 10.6 Å². The summed E-state index contributed by atoms with van der Waals surface area (Å²) in [4.78, 5) is 5.16. The van der Waals surface area contributed by atoms with Crippen molar-refractivity contribution >= 4 is 26.2 Å². The predicted molar refractivity (Wildman–Crippen MR) is 69.9 cm³/mol. The Hall–Kier alpha value is -1.41. The zero-order valence-corrected chi connectivity index (χ0v) is 11.6. The molecular weight excluding hydrogens is 274 g/mol. The summed E-state index contributed by atoms with van der Waals surface area (Å²) >= 11 is 1.46. The minimum absolute atomic E-state index is 0.149. The molecule has 0 radical (unpaired) electrons. The van der Waals surface area contributed by atoms with Crippen molar-refractivity contribution in [2.24, 2.45) is 0 Å². The Morgan fingerprint density at radius 2 is 2.22 bits per heavy atom. The molecule has 0 bridgehead atoms. The van der Waals surface area contributed by atoms with Crippen LogP contribution in [-0.4, -0.2) is 24.8 Å². The number of thiophene rings is 1. The van der Waals surface area contributed by atoms with Gasteiger partial charge in [0.15, 0.2) is 15.7 Å². The average molecular weight is 287 g/mol. The van der Waals surface area contributed by atoms with E-state index in [-0.39, 0.29) is 17.5 Å². The molecule has 0 aliphatic rings. The SMILES string of the molecule is CCc1cc(-c2nc(CS(C)(=O)=O)no2)c(N)s1. The normalized spacial score (nSPS) is 11.9. The van der Waals surface area contributed by atoms with Crippen LogP contribution in [0.4, 0.5) is 5.00 Å². The monoisotopic (exact) mass is 287 g/mol. The highest BCUT2D eigenvalue weighted by Gasteiger charge is 2.17. The molecule has 2 rings (SSSR count). The van der Waals surface area contributed by atoms with Gasteiger partial charge in [0.25, 0.3) is 5.89 Å². The van der Waals surface area contributed by atoms with E-state index in [4.69, 9.17) is 10.3 Å². The van der Waals surface area contributed by atoms with Gasteiger partial charge in [-0.15, -0.1) is 11.3 Å².